The molecule has 0 spiro atoms. The van der Waals surface area contributed by atoms with Gasteiger partial charge in [-0.15, -0.1) is 0 Å². The number of hydrogen-bond donors (Lipinski definition) is 1. The molecular formula is C35H45N3O3. The maximum absolute atomic E-state index is 13.6. The molecule has 41 heavy (non-hydrogen) atoms. The molecule has 218 valence electrons. The van der Waals surface area contributed by atoms with Crippen LogP contribution in [-0.4, -0.2) is 55.3 Å². The first-order valence-corrected chi connectivity index (χ1v) is 14.8. The van der Waals surface area contributed by atoms with Gasteiger partial charge in [0.05, 0.1) is 14.2 Å². The van der Waals surface area contributed by atoms with Gasteiger partial charge >= 0.3 is 0 Å². The van der Waals surface area contributed by atoms with Gasteiger partial charge in [-0.25, -0.2) is 0 Å². The first kappa shape index (κ1) is 30.2. The lowest BCUT2D eigenvalue weighted by Crippen LogP contribution is -2.34. The smallest absolute Gasteiger partial charge is 0.221 e. The summed E-state index contributed by atoms with van der Waals surface area (Å²) >= 11 is 0. The first-order valence-electron chi connectivity index (χ1n) is 14.8. The lowest BCUT2D eigenvalue weighted by molar-refractivity contribution is -0.121. The summed E-state index contributed by atoms with van der Waals surface area (Å²) in [5.74, 6) is 1.29. The van der Waals surface area contributed by atoms with E-state index in [-0.39, 0.29) is 17.9 Å². The average molecular weight is 556 g/mol. The summed E-state index contributed by atoms with van der Waals surface area (Å²) in [6.07, 6.45) is 4.56. The number of rotatable bonds is 15. The number of fused-ring (bicyclic) bond motifs is 1. The van der Waals surface area contributed by atoms with Crippen LogP contribution in [0.3, 0.4) is 0 Å². The molecule has 0 aliphatic rings. The van der Waals surface area contributed by atoms with Crippen molar-refractivity contribution in [2.75, 3.05) is 33.9 Å². The number of amides is 1. The number of nitrogens with one attached hydrogen (secondary N) is 1. The normalized spacial score (nSPS) is 12.8. The molecule has 0 aliphatic heterocycles. The van der Waals surface area contributed by atoms with Crippen LogP contribution in [0.15, 0.2) is 79.0 Å². The number of nitrogens with zero attached hydrogens (tertiary/aromatic N) is 2. The van der Waals surface area contributed by atoms with E-state index in [0.29, 0.717) is 17.9 Å². The summed E-state index contributed by atoms with van der Waals surface area (Å²) in [4.78, 5) is 16.0. The second-order valence-electron chi connectivity index (χ2n) is 10.8. The summed E-state index contributed by atoms with van der Waals surface area (Å²) in [6.45, 7) is 10.4. The largest absolute Gasteiger partial charge is 0.497 e. The minimum atomic E-state index is -0.177. The van der Waals surface area contributed by atoms with Crippen molar-refractivity contribution in [2.45, 2.75) is 58.5 Å². The van der Waals surface area contributed by atoms with E-state index in [1.165, 1.54) is 5.56 Å². The van der Waals surface area contributed by atoms with Crippen molar-refractivity contribution < 1.29 is 14.3 Å². The Hall–Kier alpha value is -3.77. The highest BCUT2D eigenvalue weighted by Gasteiger charge is 2.25. The summed E-state index contributed by atoms with van der Waals surface area (Å²) in [6, 6.07) is 25.0. The van der Waals surface area contributed by atoms with E-state index in [1.807, 2.05) is 24.3 Å². The molecule has 6 heteroatoms. The molecule has 4 aromatic rings. The van der Waals surface area contributed by atoms with Crippen molar-refractivity contribution in [3.05, 3.63) is 95.7 Å². The summed E-state index contributed by atoms with van der Waals surface area (Å²) < 4.78 is 13.5. The minimum absolute atomic E-state index is 0.0482. The van der Waals surface area contributed by atoms with Gasteiger partial charge in [0.25, 0.3) is 0 Å². The molecule has 1 heterocycles. The fraction of sp³-hybridized carbons (Fsp3) is 0.400. The van der Waals surface area contributed by atoms with Crippen molar-refractivity contribution in [3.63, 3.8) is 0 Å². The van der Waals surface area contributed by atoms with Crippen molar-refractivity contribution in [3.8, 4) is 11.5 Å². The molecule has 0 saturated heterocycles. The van der Waals surface area contributed by atoms with Crippen LogP contribution in [0.1, 0.15) is 62.6 Å². The minimum Gasteiger partial charge on any atom is -0.497 e. The Morgan fingerprint density at radius 3 is 2.24 bits per heavy atom. The van der Waals surface area contributed by atoms with Crippen LogP contribution in [0.4, 0.5) is 0 Å². The number of carbonyl (C=O) groups excluding carboxylic acids is 1. The van der Waals surface area contributed by atoms with Crippen LogP contribution in [0, 0.1) is 0 Å². The van der Waals surface area contributed by atoms with E-state index in [1.54, 1.807) is 14.2 Å². The number of methoxy groups -OCH3 is 2. The Kier molecular flexibility index (Phi) is 10.9. The molecule has 0 unspecified atom stereocenters. The number of para-hydroxylation sites is 1. The van der Waals surface area contributed by atoms with Crippen LogP contribution in [-0.2, 0) is 11.3 Å². The Balaban J connectivity index is 1.65. The van der Waals surface area contributed by atoms with Gasteiger partial charge in [-0.2, -0.15) is 0 Å². The Morgan fingerprint density at radius 1 is 0.927 bits per heavy atom. The quantitative estimate of drug-likeness (QED) is 0.174. The fourth-order valence-corrected chi connectivity index (χ4v) is 5.65. The van der Waals surface area contributed by atoms with Gasteiger partial charge in [0.1, 0.15) is 11.5 Å². The van der Waals surface area contributed by atoms with E-state index in [0.717, 1.165) is 61.1 Å². The van der Waals surface area contributed by atoms with E-state index < -0.39 is 0 Å². The molecule has 1 aromatic heterocycles. The molecular weight excluding hydrogens is 510 g/mol. The molecule has 1 amide bonds. The van der Waals surface area contributed by atoms with Crippen LogP contribution in [0.5, 0.6) is 11.5 Å². The molecule has 3 aromatic carbocycles. The zero-order chi connectivity index (χ0) is 29.2. The van der Waals surface area contributed by atoms with Gasteiger partial charge < -0.3 is 24.3 Å². The lowest BCUT2D eigenvalue weighted by Gasteiger charge is -2.22. The molecule has 0 radical (unpaired) electrons. The topological polar surface area (TPSA) is 55.7 Å². The van der Waals surface area contributed by atoms with Gasteiger partial charge in [0, 0.05) is 48.1 Å². The molecule has 0 aliphatic carbocycles. The number of carbonyl (C=O) groups is 1. The lowest BCUT2D eigenvalue weighted by atomic mass is 9.87. The summed E-state index contributed by atoms with van der Waals surface area (Å²) in [5, 5.41) is 4.43. The van der Waals surface area contributed by atoms with E-state index >= 15 is 0 Å². The predicted octanol–water partition coefficient (Wildman–Crippen LogP) is 6.86. The highest BCUT2D eigenvalue weighted by molar-refractivity contribution is 5.87. The third-order valence-electron chi connectivity index (χ3n) is 7.97. The number of aromatic nitrogens is 1. The zero-order valence-electron chi connectivity index (χ0n) is 25.2. The molecule has 0 bridgehead atoms. The molecule has 2 atom stereocenters. The SMILES string of the molecule is CCN(CC)CCC[C@@H](C)NC(=O)C[C@@H](c1cc(OC)cc(OC)c1)c1cn(Cc2ccccc2)c2ccccc12. The first-order chi connectivity index (χ1) is 19.9. The molecule has 4 rings (SSSR count). The molecule has 1 N–H and O–H groups in total. The predicted molar refractivity (Wildman–Crippen MR) is 168 cm³/mol. The number of ether oxygens (including phenoxy) is 2. The van der Waals surface area contributed by atoms with Gasteiger partial charge in [0.15, 0.2) is 0 Å². The number of benzene rings is 3. The fourth-order valence-electron chi connectivity index (χ4n) is 5.65. The van der Waals surface area contributed by atoms with Crippen molar-refractivity contribution >= 4 is 16.8 Å². The molecule has 0 fully saturated rings. The standard InChI is InChI=1S/C35H45N3O3/c1-6-37(7-2)19-13-14-26(3)36-35(39)23-32(28-20-29(40-4)22-30(21-28)41-5)33-25-38(24-27-15-9-8-10-16-27)34-18-12-11-17-31(33)34/h8-12,15-18,20-22,25-26,32H,6-7,13-14,19,23-24H2,1-5H3,(H,36,39)/t26-,32+/m1/s1. The summed E-state index contributed by atoms with van der Waals surface area (Å²) in [5.41, 5.74) is 4.50. The Morgan fingerprint density at radius 2 is 1.59 bits per heavy atom. The van der Waals surface area contributed by atoms with Crippen molar-refractivity contribution in [1.29, 1.82) is 0 Å². The monoisotopic (exact) mass is 555 g/mol. The number of hydrogen-bond acceptors (Lipinski definition) is 4. The highest BCUT2D eigenvalue weighted by Crippen LogP contribution is 2.38. The summed E-state index contributed by atoms with van der Waals surface area (Å²) in [7, 11) is 3.32. The van der Waals surface area contributed by atoms with Gasteiger partial charge in [-0.1, -0.05) is 62.4 Å². The van der Waals surface area contributed by atoms with Crippen LogP contribution in [0.25, 0.3) is 10.9 Å². The van der Waals surface area contributed by atoms with Crippen molar-refractivity contribution in [1.82, 2.24) is 14.8 Å². The van der Waals surface area contributed by atoms with Crippen LogP contribution >= 0.6 is 0 Å². The van der Waals surface area contributed by atoms with Gasteiger partial charge in [0.2, 0.25) is 5.91 Å². The maximum atomic E-state index is 13.6. The van der Waals surface area contributed by atoms with E-state index in [4.69, 9.17) is 9.47 Å². The third kappa shape index (κ3) is 7.92. The van der Waals surface area contributed by atoms with Crippen LogP contribution in [0.2, 0.25) is 0 Å². The second kappa shape index (κ2) is 14.7. The molecule has 6 nitrogen and oxygen atoms in total. The van der Waals surface area contributed by atoms with Crippen molar-refractivity contribution in [2.24, 2.45) is 0 Å². The maximum Gasteiger partial charge on any atom is 0.221 e. The average Bonchev–Trinajstić information content (AvgIpc) is 3.36. The molecule has 0 saturated carbocycles. The highest BCUT2D eigenvalue weighted by atomic mass is 16.5. The zero-order valence-corrected chi connectivity index (χ0v) is 25.2. The Bertz CT molecular complexity index is 1370. The second-order valence-corrected chi connectivity index (χ2v) is 10.8. The Labute approximate surface area is 245 Å². The van der Waals surface area contributed by atoms with Gasteiger partial charge in [-0.05, 0) is 74.3 Å². The third-order valence-corrected chi connectivity index (χ3v) is 7.97. The van der Waals surface area contributed by atoms with E-state index in [2.05, 4.69) is 90.3 Å². The van der Waals surface area contributed by atoms with Gasteiger partial charge in [-0.3, -0.25) is 4.79 Å². The van der Waals surface area contributed by atoms with E-state index in [9.17, 15) is 4.79 Å². The van der Waals surface area contributed by atoms with Crippen LogP contribution < -0.4 is 14.8 Å².